The van der Waals surface area contributed by atoms with Gasteiger partial charge >= 0.3 is 8.69 Å². The first-order valence-corrected chi connectivity index (χ1v) is 3.98. The molecule has 0 fully saturated rings. The van der Waals surface area contributed by atoms with Crippen molar-refractivity contribution in [3.8, 4) is 0 Å². The Hall–Kier alpha value is -0.720. The average molecular weight is 170 g/mol. The second-order valence-corrected chi connectivity index (χ2v) is 2.33. The summed E-state index contributed by atoms with van der Waals surface area (Å²) >= 11 is 0. The van der Waals surface area contributed by atoms with E-state index in [0.29, 0.717) is 0 Å². The van der Waals surface area contributed by atoms with Crippen molar-refractivity contribution in [2.75, 3.05) is 0 Å². The molecule has 0 aliphatic rings. The second-order valence-electron chi connectivity index (χ2n) is 2.17. The highest BCUT2D eigenvalue weighted by atomic mass is 31.1. The summed E-state index contributed by atoms with van der Waals surface area (Å²) in [6.45, 7) is 4.24. The van der Waals surface area contributed by atoms with Crippen LogP contribution in [0.2, 0.25) is 0 Å². The average Bonchev–Trinajstić information content (AvgIpc) is 1.97. The van der Waals surface area contributed by atoms with Crippen molar-refractivity contribution in [2.24, 2.45) is 0 Å². The lowest BCUT2D eigenvalue weighted by molar-refractivity contribution is 0.524. The van der Waals surface area contributed by atoms with Gasteiger partial charge in [0, 0.05) is 0 Å². The van der Waals surface area contributed by atoms with Gasteiger partial charge in [-0.1, -0.05) is 24.3 Å². The molecule has 2 nitrogen and oxygen atoms in total. The maximum atomic E-state index is 8.46. The SMILES string of the molecule is Cc1ccccc1C.O=PO. The summed E-state index contributed by atoms with van der Waals surface area (Å²) in [6, 6.07) is 8.36. The first-order chi connectivity index (χ1) is 5.22. The summed E-state index contributed by atoms with van der Waals surface area (Å²) < 4.78 is 8.46. The number of hydrogen-bond acceptors (Lipinski definition) is 1. The van der Waals surface area contributed by atoms with Gasteiger partial charge in [-0.3, -0.25) is 0 Å². The van der Waals surface area contributed by atoms with Crippen molar-refractivity contribution in [3.63, 3.8) is 0 Å². The van der Waals surface area contributed by atoms with Gasteiger partial charge in [-0.15, -0.1) is 0 Å². The van der Waals surface area contributed by atoms with Crippen LogP contribution in [0, 0.1) is 13.8 Å². The highest BCUT2D eigenvalue weighted by molar-refractivity contribution is 7.16. The normalized spacial score (nSPS) is 8.64. The highest BCUT2D eigenvalue weighted by Gasteiger charge is 1.83. The molecule has 0 amide bonds. The van der Waals surface area contributed by atoms with Gasteiger partial charge in [-0.25, -0.2) is 4.57 Å². The van der Waals surface area contributed by atoms with E-state index in [-0.39, 0.29) is 0 Å². The van der Waals surface area contributed by atoms with E-state index in [1.807, 2.05) is 0 Å². The Morgan fingerprint density at radius 1 is 1.18 bits per heavy atom. The van der Waals surface area contributed by atoms with Crippen molar-refractivity contribution < 1.29 is 9.46 Å². The zero-order valence-electron chi connectivity index (χ0n) is 6.61. The Bertz CT molecular complexity index is 202. The third-order valence-electron chi connectivity index (χ3n) is 1.43. The summed E-state index contributed by atoms with van der Waals surface area (Å²) in [5.74, 6) is 0. The Balaban J connectivity index is 0.000000292. The number of rotatable bonds is 0. The standard InChI is InChI=1S/C8H10.HO2P/c1-7-5-3-4-6-8(7)2;1-3-2/h3-6H,1-2H3;(H,1,2). The van der Waals surface area contributed by atoms with Crippen LogP contribution in [0.5, 0.6) is 0 Å². The van der Waals surface area contributed by atoms with E-state index >= 15 is 0 Å². The van der Waals surface area contributed by atoms with Crippen molar-refractivity contribution in [3.05, 3.63) is 35.4 Å². The second kappa shape index (κ2) is 6.02. The van der Waals surface area contributed by atoms with E-state index < -0.39 is 8.69 Å². The molecule has 0 saturated carbocycles. The van der Waals surface area contributed by atoms with Crippen LogP contribution in [0.25, 0.3) is 0 Å². The van der Waals surface area contributed by atoms with Crippen molar-refractivity contribution in [1.82, 2.24) is 0 Å². The lowest BCUT2D eigenvalue weighted by Crippen LogP contribution is -1.74. The molecule has 0 radical (unpaired) electrons. The van der Waals surface area contributed by atoms with Crippen LogP contribution in [0.1, 0.15) is 11.1 Å². The minimum Gasteiger partial charge on any atom is -0.310 e. The topological polar surface area (TPSA) is 37.3 Å². The van der Waals surface area contributed by atoms with Crippen LogP contribution in [-0.4, -0.2) is 4.89 Å². The van der Waals surface area contributed by atoms with Gasteiger partial charge in [0.15, 0.2) is 0 Å². The minimum absolute atomic E-state index is 0.833. The predicted octanol–water partition coefficient (Wildman–Crippen LogP) is 2.49. The number of benzene rings is 1. The van der Waals surface area contributed by atoms with Crippen LogP contribution in [0.15, 0.2) is 24.3 Å². The summed E-state index contributed by atoms with van der Waals surface area (Å²) in [6.07, 6.45) is 0. The molecule has 0 heterocycles. The fourth-order valence-electron chi connectivity index (χ4n) is 0.663. The molecule has 0 unspecified atom stereocenters. The molecule has 1 aromatic rings. The molecule has 1 aromatic carbocycles. The van der Waals surface area contributed by atoms with Crippen LogP contribution in [0.3, 0.4) is 0 Å². The monoisotopic (exact) mass is 170 g/mol. The van der Waals surface area contributed by atoms with Gasteiger partial charge in [-0.05, 0) is 25.0 Å². The van der Waals surface area contributed by atoms with E-state index in [4.69, 9.17) is 9.46 Å². The largest absolute Gasteiger partial charge is 0.324 e. The highest BCUT2D eigenvalue weighted by Crippen LogP contribution is 2.02. The molecule has 11 heavy (non-hydrogen) atoms. The number of hydrogen-bond donors (Lipinski definition) is 1. The zero-order valence-corrected chi connectivity index (χ0v) is 7.51. The number of aryl methyl sites for hydroxylation is 2. The fourth-order valence-corrected chi connectivity index (χ4v) is 0.663. The first kappa shape index (κ1) is 10.3. The zero-order chi connectivity index (χ0) is 8.69. The quantitative estimate of drug-likeness (QED) is 0.607. The molecule has 0 bridgehead atoms. The van der Waals surface area contributed by atoms with E-state index in [1.54, 1.807) is 0 Å². The lowest BCUT2D eigenvalue weighted by Gasteiger charge is -1.93. The molecule has 60 valence electrons. The maximum absolute atomic E-state index is 8.46. The van der Waals surface area contributed by atoms with E-state index in [0.717, 1.165) is 0 Å². The fraction of sp³-hybridized carbons (Fsp3) is 0.250. The van der Waals surface area contributed by atoms with E-state index in [1.165, 1.54) is 11.1 Å². The Labute approximate surface area is 68.2 Å². The van der Waals surface area contributed by atoms with E-state index in [9.17, 15) is 0 Å². The Morgan fingerprint density at radius 3 is 1.64 bits per heavy atom. The van der Waals surface area contributed by atoms with Crippen LogP contribution in [0.4, 0.5) is 0 Å². The minimum atomic E-state index is -0.833. The third-order valence-corrected chi connectivity index (χ3v) is 1.43. The van der Waals surface area contributed by atoms with Gasteiger partial charge in [0.05, 0.1) is 0 Å². The molecule has 0 aliphatic heterocycles. The molecular formula is C8H11O2P. The molecule has 0 saturated heterocycles. The van der Waals surface area contributed by atoms with Gasteiger partial charge in [0.25, 0.3) is 0 Å². The molecule has 1 N–H and O–H groups in total. The summed E-state index contributed by atoms with van der Waals surface area (Å²) in [5, 5.41) is 0. The smallest absolute Gasteiger partial charge is 0.310 e. The molecule has 0 aromatic heterocycles. The Kier molecular flexibility index (Phi) is 5.63. The molecule has 0 atom stereocenters. The van der Waals surface area contributed by atoms with Gasteiger partial charge in [-0.2, -0.15) is 0 Å². The van der Waals surface area contributed by atoms with E-state index in [2.05, 4.69) is 38.1 Å². The molecular weight excluding hydrogens is 159 g/mol. The summed E-state index contributed by atoms with van der Waals surface area (Å²) in [5.41, 5.74) is 2.74. The molecule has 0 aliphatic carbocycles. The van der Waals surface area contributed by atoms with Gasteiger partial charge < -0.3 is 4.89 Å². The van der Waals surface area contributed by atoms with Gasteiger partial charge in [0.1, 0.15) is 0 Å². The van der Waals surface area contributed by atoms with Crippen LogP contribution < -0.4 is 0 Å². The van der Waals surface area contributed by atoms with Crippen LogP contribution >= 0.6 is 8.69 Å². The maximum Gasteiger partial charge on any atom is 0.324 e. The lowest BCUT2D eigenvalue weighted by atomic mass is 10.1. The Morgan fingerprint density at radius 2 is 1.45 bits per heavy atom. The molecule has 0 spiro atoms. The van der Waals surface area contributed by atoms with Gasteiger partial charge in [0.2, 0.25) is 0 Å². The molecule has 3 heteroatoms. The summed E-state index contributed by atoms with van der Waals surface area (Å²) in [7, 11) is -0.833. The molecule has 1 rings (SSSR count). The van der Waals surface area contributed by atoms with Crippen molar-refractivity contribution in [1.29, 1.82) is 0 Å². The third kappa shape index (κ3) is 4.65. The predicted molar refractivity (Wildman–Crippen MR) is 45.7 cm³/mol. The van der Waals surface area contributed by atoms with Crippen molar-refractivity contribution >= 4 is 8.69 Å². The van der Waals surface area contributed by atoms with Crippen molar-refractivity contribution in [2.45, 2.75) is 13.8 Å². The first-order valence-electron chi connectivity index (χ1n) is 3.21. The summed E-state index contributed by atoms with van der Waals surface area (Å²) in [4.78, 5) is 6.99. The van der Waals surface area contributed by atoms with Crippen LogP contribution in [-0.2, 0) is 4.57 Å².